The molecule has 2 aliphatic heterocycles. The molecule has 0 aromatic heterocycles. The maximum absolute atomic E-state index is 13.2. The van der Waals surface area contributed by atoms with E-state index in [4.69, 9.17) is 20.9 Å². The number of carbonyl (C=O) groups excluding carboxylic acids is 6. The molecule has 182 valence electrons. The average Bonchev–Trinajstić information content (AvgIpc) is 3.14. The van der Waals surface area contributed by atoms with E-state index in [1.54, 1.807) is 0 Å². The fourth-order valence-electron chi connectivity index (χ4n) is 6.50. The van der Waals surface area contributed by atoms with Crippen molar-refractivity contribution in [2.24, 2.45) is 58.8 Å². The number of carbonyl (C=O) groups is 6. The van der Waals surface area contributed by atoms with Gasteiger partial charge in [0.15, 0.2) is 13.5 Å². The molecule has 2 bridgehead atoms. The van der Waals surface area contributed by atoms with Crippen LogP contribution in [0.2, 0.25) is 0 Å². The van der Waals surface area contributed by atoms with Crippen LogP contribution in [0.4, 0.5) is 0 Å². The number of hydrogen-bond donors (Lipinski definition) is 2. The number of hydrogen-bond acceptors (Lipinski definition) is 10. The van der Waals surface area contributed by atoms with Crippen molar-refractivity contribution in [3.63, 3.8) is 0 Å². The van der Waals surface area contributed by atoms with Gasteiger partial charge in [-0.15, -0.1) is 0 Å². The van der Waals surface area contributed by atoms with E-state index in [9.17, 15) is 28.8 Å². The van der Waals surface area contributed by atoms with E-state index in [1.165, 1.54) is 13.8 Å². The number of likely N-dealkylation sites (tertiary alicyclic amines) is 2. The van der Waals surface area contributed by atoms with Crippen molar-refractivity contribution < 1.29 is 38.2 Å². The van der Waals surface area contributed by atoms with Crippen molar-refractivity contribution >= 4 is 35.6 Å². The van der Waals surface area contributed by atoms with E-state index < -0.39 is 96.6 Å². The number of amides is 4. The van der Waals surface area contributed by atoms with Crippen LogP contribution in [0.1, 0.15) is 13.8 Å². The lowest BCUT2D eigenvalue weighted by atomic mass is 9.40. The summed E-state index contributed by atoms with van der Waals surface area (Å²) < 4.78 is 10.0. The van der Waals surface area contributed by atoms with E-state index >= 15 is 0 Å². The largest absolute Gasteiger partial charge is 0.443 e. The maximum Gasteiger partial charge on any atom is 0.324 e. The summed E-state index contributed by atoms with van der Waals surface area (Å²) in [6.07, 6.45) is 3.73. The molecule has 12 heteroatoms. The highest BCUT2D eigenvalue weighted by Gasteiger charge is 2.75. The molecule has 2 saturated carbocycles. The van der Waals surface area contributed by atoms with E-state index in [-0.39, 0.29) is 11.8 Å². The normalized spacial score (nSPS) is 38.8. The SMILES string of the molecule is CC(N)C(=O)OCN1C(=O)C2C3C=CC(C2C1=O)C1C2C(=O)N(COC(=O)C(C)N)C(=O)C2C31. The van der Waals surface area contributed by atoms with Gasteiger partial charge in [0.1, 0.15) is 12.1 Å². The van der Waals surface area contributed by atoms with Gasteiger partial charge in [-0.25, -0.2) is 9.80 Å². The smallest absolute Gasteiger partial charge is 0.324 e. The maximum atomic E-state index is 13.2. The minimum atomic E-state index is -0.893. The molecule has 4 N–H and O–H groups in total. The molecule has 0 radical (unpaired) electrons. The number of rotatable bonds is 6. The van der Waals surface area contributed by atoms with Crippen LogP contribution >= 0.6 is 0 Å². The van der Waals surface area contributed by atoms with Crippen LogP contribution in [0.5, 0.6) is 0 Å². The standard InChI is InChI=1S/C22H26N4O8/c1-7(23)21(31)33-5-25-17(27)13-9-3-4-10(14(13)18(25)28)12-11(9)15-16(12)20(30)26(19(15)29)6-34-22(32)8(2)24/h3-4,7-16H,5-6,23-24H2,1-2H3. The first-order chi connectivity index (χ1) is 16.1. The van der Waals surface area contributed by atoms with Crippen LogP contribution < -0.4 is 11.5 Å². The van der Waals surface area contributed by atoms with Gasteiger partial charge in [0.25, 0.3) is 0 Å². The van der Waals surface area contributed by atoms with E-state index in [1.807, 2.05) is 12.2 Å². The zero-order chi connectivity index (χ0) is 24.6. The molecular formula is C22H26N4O8. The molecule has 12 nitrogen and oxygen atoms in total. The highest BCUT2D eigenvalue weighted by Crippen LogP contribution is 2.68. The molecular weight excluding hydrogens is 448 g/mol. The van der Waals surface area contributed by atoms with Crippen LogP contribution in [-0.4, -0.2) is 70.9 Å². The molecule has 4 fully saturated rings. The Bertz CT molecular complexity index is 982. The fourth-order valence-corrected chi connectivity index (χ4v) is 6.50. The van der Waals surface area contributed by atoms with E-state index in [2.05, 4.69) is 0 Å². The quantitative estimate of drug-likeness (QED) is 0.247. The van der Waals surface area contributed by atoms with Crippen molar-refractivity contribution in [2.45, 2.75) is 25.9 Å². The third-order valence-corrected chi connectivity index (χ3v) is 7.94. The van der Waals surface area contributed by atoms with Gasteiger partial charge in [-0.3, -0.25) is 28.8 Å². The van der Waals surface area contributed by atoms with Crippen LogP contribution in [0.3, 0.4) is 0 Å². The Morgan fingerprint density at radius 1 is 0.735 bits per heavy atom. The van der Waals surface area contributed by atoms with Crippen LogP contribution in [0.15, 0.2) is 12.2 Å². The molecule has 4 amide bonds. The molecule has 10 unspecified atom stereocenters. The number of allylic oxidation sites excluding steroid dienone is 2. The lowest BCUT2D eigenvalue weighted by molar-refractivity contribution is -0.166. The van der Waals surface area contributed by atoms with Gasteiger partial charge in [-0.2, -0.15) is 0 Å². The highest BCUT2D eigenvalue weighted by atomic mass is 16.6. The molecule has 0 spiro atoms. The summed E-state index contributed by atoms with van der Waals surface area (Å²) in [4.78, 5) is 77.7. The predicted octanol–water partition coefficient (Wildman–Crippen LogP) is -2.05. The minimum Gasteiger partial charge on any atom is -0.443 e. The van der Waals surface area contributed by atoms with Gasteiger partial charge in [0.2, 0.25) is 23.6 Å². The number of nitrogens with two attached hydrogens (primary N) is 2. The van der Waals surface area contributed by atoms with Gasteiger partial charge in [0, 0.05) is 0 Å². The van der Waals surface area contributed by atoms with E-state index in [0.717, 1.165) is 9.80 Å². The van der Waals surface area contributed by atoms with Crippen LogP contribution in [0.25, 0.3) is 0 Å². The molecule has 10 atom stereocenters. The first kappa shape index (κ1) is 22.7. The first-order valence-corrected chi connectivity index (χ1v) is 11.3. The van der Waals surface area contributed by atoms with Gasteiger partial charge >= 0.3 is 11.9 Å². The first-order valence-electron chi connectivity index (χ1n) is 11.3. The van der Waals surface area contributed by atoms with E-state index in [0.29, 0.717) is 0 Å². The van der Waals surface area contributed by atoms with Gasteiger partial charge in [-0.05, 0) is 37.5 Å². The Morgan fingerprint density at radius 2 is 1.06 bits per heavy atom. The Labute approximate surface area is 194 Å². The topological polar surface area (TPSA) is 179 Å². The number of fused-ring (bicyclic) bond motifs is 1. The minimum absolute atomic E-state index is 0.268. The Balaban J connectivity index is 1.35. The number of nitrogens with zero attached hydrogens (tertiary/aromatic N) is 2. The monoisotopic (exact) mass is 474 g/mol. The van der Waals surface area contributed by atoms with Gasteiger partial charge < -0.3 is 20.9 Å². The Kier molecular flexibility index (Phi) is 5.13. The summed E-state index contributed by atoms with van der Waals surface area (Å²) in [5, 5.41) is 0. The van der Waals surface area contributed by atoms with Crippen molar-refractivity contribution in [1.29, 1.82) is 0 Å². The number of esters is 2. The molecule has 6 aliphatic rings. The molecule has 0 aromatic rings. The van der Waals surface area contributed by atoms with Crippen LogP contribution in [-0.2, 0) is 38.2 Å². The lowest BCUT2D eigenvalue weighted by Crippen LogP contribution is -2.63. The molecule has 2 heterocycles. The second-order valence-electron chi connectivity index (χ2n) is 9.77. The molecule has 6 rings (SSSR count). The average molecular weight is 474 g/mol. The number of imide groups is 2. The van der Waals surface area contributed by atoms with Gasteiger partial charge in [0.05, 0.1) is 23.7 Å². The molecule has 2 saturated heterocycles. The Morgan fingerprint density at radius 3 is 1.38 bits per heavy atom. The summed E-state index contributed by atoms with van der Waals surface area (Å²) in [6, 6.07) is -1.78. The predicted molar refractivity (Wildman–Crippen MR) is 110 cm³/mol. The van der Waals surface area contributed by atoms with Crippen molar-refractivity contribution in [1.82, 2.24) is 9.80 Å². The highest BCUT2D eigenvalue weighted by molar-refractivity contribution is 6.09. The summed E-state index contributed by atoms with van der Waals surface area (Å²) in [6.45, 7) is 1.86. The van der Waals surface area contributed by atoms with Crippen LogP contribution in [0, 0.1) is 47.3 Å². The molecule has 0 aromatic carbocycles. The van der Waals surface area contributed by atoms with Gasteiger partial charge in [-0.1, -0.05) is 12.2 Å². The second-order valence-corrected chi connectivity index (χ2v) is 9.77. The summed E-state index contributed by atoms with van der Waals surface area (Å²) in [5.41, 5.74) is 10.9. The molecule has 34 heavy (non-hydrogen) atoms. The molecule has 4 aliphatic carbocycles. The summed E-state index contributed by atoms with van der Waals surface area (Å²) in [5.74, 6) is -7.16. The second kappa shape index (κ2) is 7.70. The zero-order valence-electron chi connectivity index (χ0n) is 18.7. The number of ether oxygens (including phenoxy) is 2. The van der Waals surface area contributed by atoms with Crippen molar-refractivity contribution in [3.8, 4) is 0 Å². The Hall–Kier alpha value is -3.12. The lowest BCUT2D eigenvalue weighted by Gasteiger charge is -2.60. The van der Waals surface area contributed by atoms with Crippen molar-refractivity contribution in [3.05, 3.63) is 12.2 Å². The summed E-state index contributed by atoms with van der Waals surface area (Å²) in [7, 11) is 0. The fraction of sp³-hybridized carbons (Fsp3) is 0.636. The summed E-state index contributed by atoms with van der Waals surface area (Å²) >= 11 is 0. The third kappa shape index (κ3) is 2.91. The third-order valence-electron chi connectivity index (χ3n) is 7.94. The van der Waals surface area contributed by atoms with Crippen molar-refractivity contribution in [2.75, 3.05) is 13.5 Å². The zero-order valence-corrected chi connectivity index (χ0v) is 18.7.